The minimum atomic E-state index is -3.74. The van der Waals surface area contributed by atoms with Crippen LogP contribution in [-0.2, 0) is 16.6 Å². The highest BCUT2D eigenvalue weighted by Gasteiger charge is 2.09. The molecule has 0 saturated heterocycles. The maximum atomic E-state index is 11.5. The molecular formula is C18H25IN4O4S. The second-order valence-electron chi connectivity index (χ2n) is 5.58. The van der Waals surface area contributed by atoms with Gasteiger partial charge in [-0.05, 0) is 36.8 Å². The van der Waals surface area contributed by atoms with Crippen LogP contribution < -0.4 is 25.2 Å². The number of ether oxygens (including phenoxy) is 2. The van der Waals surface area contributed by atoms with E-state index in [1.807, 2.05) is 13.0 Å². The first kappa shape index (κ1) is 24.0. The summed E-state index contributed by atoms with van der Waals surface area (Å²) in [5.74, 6) is 1.77. The van der Waals surface area contributed by atoms with Gasteiger partial charge in [0.15, 0.2) is 17.5 Å². The number of nitrogens with one attached hydrogen (secondary N) is 2. The van der Waals surface area contributed by atoms with E-state index >= 15 is 0 Å². The number of benzene rings is 2. The van der Waals surface area contributed by atoms with Crippen LogP contribution in [0.5, 0.6) is 11.5 Å². The van der Waals surface area contributed by atoms with Gasteiger partial charge in [0, 0.05) is 18.3 Å². The number of methoxy groups -OCH3 is 2. The average molecular weight is 520 g/mol. The summed E-state index contributed by atoms with van der Waals surface area (Å²) in [5, 5.41) is 11.5. The number of hydrogen-bond donors (Lipinski definition) is 3. The first-order valence-corrected chi connectivity index (χ1v) is 9.81. The van der Waals surface area contributed by atoms with Crippen molar-refractivity contribution in [3.05, 3.63) is 48.0 Å². The van der Waals surface area contributed by atoms with E-state index in [1.54, 1.807) is 38.5 Å². The van der Waals surface area contributed by atoms with Crippen molar-refractivity contribution in [3.63, 3.8) is 0 Å². The summed E-state index contributed by atoms with van der Waals surface area (Å²) in [4.78, 5) is 4.55. The summed E-state index contributed by atoms with van der Waals surface area (Å²) in [6, 6.07) is 11.8. The third-order valence-electron chi connectivity index (χ3n) is 3.64. The monoisotopic (exact) mass is 520 g/mol. The molecule has 2 aromatic rings. The number of primary sulfonamides is 1. The predicted molar refractivity (Wildman–Crippen MR) is 121 cm³/mol. The summed E-state index contributed by atoms with van der Waals surface area (Å²) in [6.45, 7) is 2.90. The zero-order valence-electron chi connectivity index (χ0n) is 15.9. The number of anilines is 1. The van der Waals surface area contributed by atoms with Crippen LogP contribution in [0.25, 0.3) is 0 Å². The van der Waals surface area contributed by atoms with Crippen molar-refractivity contribution in [2.75, 3.05) is 26.1 Å². The zero-order valence-corrected chi connectivity index (χ0v) is 19.1. The minimum Gasteiger partial charge on any atom is -0.493 e. The van der Waals surface area contributed by atoms with Crippen LogP contribution in [0.2, 0.25) is 0 Å². The van der Waals surface area contributed by atoms with E-state index in [0.29, 0.717) is 24.0 Å². The maximum Gasteiger partial charge on any atom is 0.238 e. The highest BCUT2D eigenvalue weighted by Crippen LogP contribution is 2.29. The Hall–Kier alpha value is -2.05. The van der Waals surface area contributed by atoms with E-state index in [-0.39, 0.29) is 35.4 Å². The van der Waals surface area contributed by atoms with Crippen molar-refractivity contribution in [1.82, 2.24) is 5.32 Å². The molecule has 0 amide bonds. The van der Waals surface area contributed by atoms with Crippen LogP contribution in [-0.4, -0.2) is 35.1 Å². The number of hydrogen-bond acceptors (Lipinski definition) is 5. The van der Waals surface area contributed by atoms with Crippen LogP contribution in [0.1, 0.15) is 12.5 Å². The van der Waals surface area contributed by atoms with Gasteiger partial charge in [0.1, 0.15) is 0 Å². The number of halogens is 1. The van der Waals surface area contributed by atoms with Crippen LogP contribution in [0.15, 0.2) is 52.4 Å². The second kappa shape index (κ2) is 11.1. The molecule has 154 valence electrons. The van der Waals surface area contributed by atoms with Crippen LogP contribution in [0.3, 0.4) is 0 Å². The Bertz CT molecular complexity index is 920. The van der Waals surface area contributed by atoms with Gasteiger partial charge in [-0.25, -0.2) is 18.5 Å². The van der Waals surface area contributed by atoms with Gasteiger partial charge >= 0.3 is 0 Å². The highest BCUT2D eigenvalue weighted by atomic mass is 127. The molecule has 28 heavy (non-hydrogen) atoms. The fourth-order valence-electron chi connectivity index (χ4n) is 2.35. The number of aliphatic imine (C=N–C) groups is 1. The predicted octanol–water partition coefficient (Wildman–Crippen LogP) is 2.55. The van der Waals surface area contributed by atoms with Gasteiger partial charge in [0.05, 0.1) is 25.7 Å². The molecule has 0 bridgehead atoms. The van der Waals surface area contributed by atoms with Gasteiger partial charge in [0.2, 0.25) is 10.0 Å². The van der Waals surface area contributed by atoms with E-state index < -0.39 is 10.0 Å². The smallest absolute Gasteiger partial charge is 0.238 e. The molecule has 2 aromatic carbocycles. The SMILES string of the molecule is CCNC(=NCc1cccc(S(N)(=O)=O)c1)Nc1ccc(OC)c(OC)c1.I. The van der Waals surface area contributed by atoms with Gasteiger partial charge in [0.25, 0.3) is 0 Å². The molecule has 2 rings (SSSR count). The lowest BCUT2D eigenvalue weighted by Gasteiger charge is -2.14. The zero-order chi connectivity index (χ0) is 19.9. The Labute approximate surface area is 182 Å². The summed E-state index contributed by atoms with van der Waals surface area (Å²) in [7, 11) is -0.598. The Morgan fingerprint density at radius 3 is 2.43 bits per heavy atom. The van der Waals surface area contributed by atoms with E-state index in [9.17, 15) is 8.42 Å². The van der Waals surface area contributed by atoms with Crippen molar-refractivity contribution in [2.45, 2.75) is 18.4 Å². The van der Waals surface area contributed by atoms with Crippen molar-refractivity contribution < 1.29 is 17.9 Å². The van der Waals surface area contributed by atoms with Crippen LogP contribution >= 0.6 is 24.0 Å². The minimum absolute atomic E-state index is 0. The van der Waals surface area contributed by atoms with Crippen molar-refractivity contribution in [3.8, 4) is 11.5 Å². The Morgan fingerprint density at radius 1 is 1.11 bits per heavy atom. The lowest BCUT2D eigenvalue weighted by molar-refractivity contribution is 0.355. The molecule has 10 heteroatoms. The van der Waals surface area contributed by atoms with Crippen LogP contribution in [0, 0.1) is 0 Å². The topological polar surface area (TPSA) is 115 Å². The fourth-order valence-corrected chi connectivity index (χ4v) is 2.93. The molecule has 8 nitrogen and oxygen atoms in total. The van der Waals surface area contributed by atoms with Gasteiger partial charge in [-0.3, -0.25) is 0 Å². The average Bonchev–Trinajstić information content (AvgIpc) is 2.65. The second-order valence-corrected chi connectivity index (χ2v) is 7.14. The van der Waals surface area contributed by atoms with Crippen molar-refractivity contribution in [2.24, 2.45) is 10.1 Å². The molecule has 0 heterocycles. The third kappa shape index (κ3) is 6.84. The fraction of sp³-hybridized carbons (Fsp3) is 0.278. The number of nitrogens with two attached hydrogens (primary N) is 1. The molecule has 0 aliphatic carbocycles. The lowest BCUT2D eigenvalue weighted by atomic mass is 10.2. The molecule has 0 aromatic heterocycles. The van der Waals surface area contributed by atoms with Gasteiger partial charge in [-0.1, -0.05) is 12.1 Å². The van der Waals surface area contributed by atoms with Gasteiger partial charge in [-0.15, -0.1) is 24.0 Å². The number of guanidine groups is 1. The largest absolute Gasteiger partial charge is 0.493 e. The molecule has 0 unspecified atom stereocenters. The molecule has 0 atom stereocenters. The number of sulfonamides is 1. The summed E-state index contributed by atoms with van der Waals surface area (Å²) in [5.41, 5.74) is 1.50. The van der Waals surface area contributed by atoms with Gasteiger partial charge < -0.3 is 20.1 Å². The molecular weight excluding hydrogens is 495 g/mol. The van der Waals surface area contributed by atoms with Crippen LogP contribution in [0.4, 0.5) is 5.69 Å². The normalized spacial score (nSPS) is 11.4. The number of nitrogens with zero attached hydrogens (tertiary/aromatic N) is 1. The molecule has 0 aliphatic rings. The molecule has 0 aliphatic heterocycles. The third-order valence-corrected chi connectivity index (χ3v) is 4.55. The quantitative estimate of drug-likeness (QED) is 0.294. The molecule has 0 fully saturated rings. The van der Waals surface area contributed by atoms with Crippen molar-refractivity contribution in [1.29, 1.82) is 0 Å². The Morgan fingerprint density at radius 2 is 1.82 bits per heavy atom. The van der Waals surface area contributed by atoms with E-state index in [0.717, 1.165) is 11.3 Å². The first-order valence-electron chi connectivity index (χ1n) is 8.26. The number of rotatable bonds is 7. The summed E-state index contributed by atoms with van der Waals surface area (Å²) in [6.07, 6.45) is 0. The highest BCUT2D eigenvalue weighted by molar-refractivity contribution is 14.0. The lowest BCUT2D eigenvalue weighted by Crippen LogP contribution is -2.30. The van der Waals surface area contributed by atoms with Crippen molar-refractivity contribution >= 4 is 45.6 Å². The first-order chi connectivity index (χ1) is 12.9. The molecule has 0 saturated carbocycles. The standard InChI is InChI=1S/C18H24N4O4S.HI/c1-4-20-18(22-14-8-9-16(25-2)17(11-14)26-3)21-12-13-6-5-7-15(10-13)27(19,23)24;/h5-11H,4,12H2,1-3H3,(H2,19,23,24)(H2,20,21,22);1H. The van der Waals surface area contributed by atoms with E-state index in [2.05, 4.69) is 15.6 Å². The maximum absolute atomic E-state index is 11.5. The van der Waals surface area contributed by atoms with E-state index in [4.69, 9.17) is 14.6 Å². The Balaban J connectivity index is 0.00000392. The molecule has 4 N–H and O–H groups in total. The summed E-state index contributed by atoms with van der Waals surface area (Å²) >= 11 is 0. The summed E-state index contributed by atoms with van der Waals surface area (Å²) < 4.78 is 33.5. The molecule has 0 spiro atoms. The molecule has 0 radical (unpaired) electrons. The van der Waals surface area contributed by atoms with E-state index in [1.165, 1.54) is 12.1 Å². The van der Waals surface area contributed by atoms with Gasteiger partial charge in [-0.2, -0.15) is 0 Å². The Kier molecular flexibility index (Phi) is 9.49.